The number of carbonyl (C=O) groups is 1. The van der Waals surface area contributed by atoms with Crippen LogP contribution in [0.3, 0.4) is 0 Å². The Labute approximate surface area is 119 Å². The molecule has 0 aromatic heterocycles. The summed E-state index contributed by atoms with van der Waals surface area (Å²) in [6.07, 6.45) is 2.97. The number of hydrogen-bond acceptors (Lipinski definition) is 3. The van der Waals surface area contributed by atoms with Crippen molar-refractivity contribution in [1.29, 1.82) is 0 Å². The summed E-state index contributed by atoms with van der Waals surface area (Å²) >= 11 is 1.73. The molecule has 1 rings (SSSR count). The summed E-state index contributed by atoms with van der Waals surface area (Å²) in [7, 11) is 0. The average Bonchev–Trinajstić information content (AvgIpc) is 2.44. The van der Waals surface area contributed by atoms with E-state index in [0.717, 1.165) is 17.7 Å². The number of thioether (sulfide) groups is 1. The van der Waals surface area contributed by atoms with E-state index in [1.807, 2.05) is 18.4 Å². The largest absolute Gasteiger partial charge is 0.348 e. The number of carbonyl (C=O) groups excluding carboxylic acids is 1. The molecule has 3 N–H and O–H groups in total. The molecule has 0 spiro atoms. The Balaban J connectivity index is 2.76. The van der Waals surface area contributed by atoms with Gasteiger partial charge in [0.2, 0.25) is 0 Å². The van der Waals surface area contributed by atoms with E-state index in [1.165, 1.54) is 0 Å². The van der Waals surface area contributed by atoms with Crippen LogP contribution in [0.25, 0.3) is 0 Å². The van der Waals surface area contributed by atoms with Gasteiger partial charge in [0, 0.05) is 22.9 Å². The minimum atomic E-state index is -0.0442. The van der Waals surface area contributed by atoms with Gasteiger partial charge in [-0.3, -0.25) is 4.79 Å². The second-order valence-electron chi connectivity index (χ2n) is 4.12. The molecule has 1 unspecified atom stereocenters. The summed E-state index contributed by atoms with van der Waals surface area (Å²) < 4.78 is 0. The number of nitrogens with two attached hydrogens (primary N) is 1. The molecule has 0 aliphatic carbocycles. The molecule has 0 saturated carbocycles. The molecule has 1 aromatic rings. The number of rotatable bonds is 5. The predicted octanol–water partition coefficient (Wildman–Crippen LogP) is 1.87. The highest BCUT2D eigenvalue weighted by Crippen LogP contribution is 2.07. The summed E-state index contributed by atoms with van der Waals surface area (Å²) in [6, 6.07) is 7.52. The van der Waals surface area contributed by atoms with Crippen LogP contribution in [0.4, 0.5) is 0 Å². The average molecular weight is 276 g/mol. The van der Waals surface area contributed by atoms with Crippen molar-refractivity contribution in [2.75, 3.05) is 18.6 Å². The second-order valence-corrected chi connectivity index (χ2v) is 5.03. The third kappa shape index (κ3) is 5.37. The third-order valence-electron chi connectivity index (χ3n) is 2.66. The molecule has 1 aromatic carbocycles. The number of hydrogen-bond donors (Lipinski definition) is 2. The zero-order chi connectivity index (χ0) is 14.1. The zero-order valence-corrected chi connectivity index (χ0v) is 12.2. The quantitative estimate of drug-likeness (QED) is 0.807. The van der Waals surface area contributed by atoms with Crippen molar-refractivity contribution < 1.29 is 4.79 Å². The lowest BCUT2D eigenvalue weighted by molar-refractivity contribution is 0.0940. The Morgan fingerprint density at radius 2 is 2.32 bits per heavy atom. The first-order valence-electron chi connectivity index (χ1n) is 6.30. The molecule has 0 saturated heterocycles. The summed E-state index contributed by atoms with van der Waals surface area (Å²) in [4.78, 5) is 12.1. The summed E-state index contributed by atoms with van der Waals surface area (Å²) in [5, 5.41) is 3.03. The van der Waals surface area contributed by atoms with Crippen LogP contribution in [0, 0.1) is 11.8 Å². The van der Waals surface area contributed by atoms with Crippen molar-refractivity contribution in [3.05, 3.63) is 35.4 Å². The standard InChI is InChI=1S/C15H20N2OS/c1-3-14(11-19-2)17-15(18)13-8-4-6-12(10-13)7-5-9-16/h4,6,8,10,14H,3,9,11,16H2,1-2H3,(H,17,18). The van der Waals surface area contributed by atoms with Crippen molar-refractivity contribution in [1.82, 2.24) is 5.32 Å². The van der Waals surface area contributed by atoms with Crippen LogP contribution >= 0.6 is 11.8 Å². The van der Waals surface area contributed by atoms with Gasteiger partial charge in [-0.25, -0.2) is 0 Å². The van der Waals surface area contributed by atoms with Gasteiger partial charge < -0.3 is 11.1 Å². The van der Waals surface area contributed by atoms with E-state index in [0.29, 0.717) is 12.1 Å². The van der Waals surface area contributed by atoms with Crippen LogP contribution in [-0.4, -0.2) is 30.5 Å². The molecule has 3 nitrogen and oxygen atoms in total. The number of nitrogens with one attached hydrogen (secondary N) is 1. The van der Waals surface area contributed by atoms with Gasteiger partial charge in [0.1, 0.15) is 0 Å². The fourth-order valence-corrected chi connectivity index (χ4v) is 2.34. The van der Waals surface area contributed by atoms with Gasteiger partial charge >= 0.3 is 0 Å². The van der Waals surface area contributed by atoms with Crippen molar-refractivity contribution in [2.24, 2.45) is 5.73 Å². The van der Waals surface area contributed by atoms with Gasteiger partial charge in [0.15, 0.2) is 0 Å². The van der Waals surface area contributed by atoms with Gasteiger partial charge in [-0.2, -0.15) is 11.8 Å². The lowest BCUT2D eigenvalue weighted by Crippen LogP contribution is -2.36. The Hall–Kier alpha value is -1.44. The Kier molecular flexibility index (Phi) is 7.09. The lowest BCUT2D eigenvalue weighted by Gasteiger charge is -2.15. The normalized spacial score (nSPS) is 11.3. The third-order valence-corrected chi connectivity index (χ3v) is 3.39. The molecule has 19 heavy (non-hydrogen) atoms. The van der Waals surface area contributed by atoms with E-state index < -0.39 is 0 Å². The van der Waals surface area contributed by atoms with Crippen LogP contribution in [0.15, 0.2) is 24.3 Å². The molecule has 1 atom stereocenters. The molecule has 0 aliphatic rings. The highest BCUT2D eigenvalue weighted by molar-refractivity contribution is 7.98. The zero-order valence-electron chi connectivity index (χ0n) is 11.4. The van der Waals surface area contributed by atoms with Gasteiger partial charge in [-0.1, -0.05) is 24.8 Å². The maximum absolute atomic E-state index is 12.1. The van der Waals surface area contributed by atoms with Gasteiger partial charge in [0.25, 0.3) is 5.91 Å². The molecule has 4 heteroatoms. The molecule has 0 radical (unpaired) electrons. The molecule has 0 fully saturated rings. The molecular formula is C15H20N2OS. The SMILES string of the molecule is CCC(CSC)NC(=O)c1cccc(C#CCN)c1. The summed E-state index contributed by atoms with van der Waals surface area (Å²) in [5.41, 5.74) is 6.79. The second kappa shape index (κ2) is 8.63. The highest BCUT2D eigenvalue weighted by Gasteiger charge is 2.11. The lowest BCUT2D eigenvalue weighted by atomic mass is 10.1. The van der Waals surface area contributed by atoms with Crippen molar-refractivity contribution in [2.45, 2.75) is 19.4 Å². The van der Waals surface area contributed by atoms with E-state index in [4.69, 9.17) is 5.73 Å². The Morgan fingerprint density at radius 1 is 1.53 bits per heavy atom. The molecule has 1 amide bonds. The summed E-state index contributed by atoms with van der Waals surface area (Å²) in [6.45, 7) is 2.40. The fraction of sp³-hybridized carbons (Fsp3) is 0.400. The van der Waals surface area contributed by atoms with E-state index in [9.17, 15) is 4.79 Å². The molecule has 102 valence electrons. The highest BCUT2D eigenvalue weighted by atomic mass is 32.2. The van der Waals surface area contributed by atoms with E-state index in [1.54, 1.807) is 23.9 Å². The molecule has 0 heterocycles. The van der Waals surface area contributed by atoms with Crippen LogP contribution in [-0.2, 0) is 0 Å². The molecular weight excluding hydrogens is 256 g/mol. The van der Waals surface area contributed by atoms with Crippen LogP contribution in [0.1, 0.15) is 29.3 Å². The minimum absolute atomic E-state index is 0.0442. The predicted molar refractivity (Wildman–Crippen MR) is 82.3 cm³/mol. The number of amides is 1. The van der Waals surface area contributed by atoms with Gasteiger partial charge in [-0.15, -0.1) is 0 Å². The van der Waals surface area contributed by atoms with Crippen molar-refractivity contribution in [3.63, 3.8) is 0 Å². The minimum Gasteiger partial charge on any atom is -0.348 e. The molecule has 0 aliphatic heterocycles. The van der Waals surface area contributed by atoms with Crippen molar-refractivity contribution >= 4 is 17.7 Å². The van der Waals surface area contributed by atoms with Crippen molar-refractivity contribution in [3.8, 4) is 11.8 Å². The van der Waals surface area contributed by atoms with E-state index >= 15 is 0 Å². The van der Waals surface area contributed by atoms with Crippen LogP contribution in [0.2, 0.25) is 0 Å². The van der Waals surface area contributed by atoms with E-state index in [2.05, 4.69) is 24.1 Å². The van der Waals surface area contributed by atoms with Crippen LogP contribution in [0.5, 0.6) is 0 Å². The topological polar surface area (TPSA) is 55.1 Å². The van der Waals surface area contributed by atoms with Gasteiger partial charge in [-0.05, 0) is 30.9 Å². The van der Waals surface area contributed by atoms with E-state index in [-0.39, 0.29) is 11.9 Å². The first-order valence-corrected chi connectivity index (χ1v) is 7.69. The first-order chi connectivity index (χ1) is 9.21. The first kappa shape index (κ1) is 15.6. The maximum atomic E-state index is 12.1. The summed E-state index contributed by atoms with van der Waals surface area (Å²) in [5.74, 6) is 6.60. The maximum Gasteiger partial charge on any atom is 0.251 e. The van der Waals surface area contributed by atoms with Crippen LogP contribution < -0.4 is 11.1 Å². The Bertz CT molecular complexity index is 477. The Morgan fingerprint density at radius 3 is 2.95 bits per heavy atom. The smallest absolute Gasteiger partial charge is 0.251 e. The van der Waals surface area contributed by atoms with Gasteiger partial charge in [0.05, 0.1) is 6.54 Å². The fourth-order valence-electron chi connectivity index (χ4n) is 1.62. The monoisotopic (exact) mass is 276 g/mol. The molecule has 0 bridgehead atoms. The number of benzene rings is 1.